The van der Waals surface area contributed by atoms with Crippen molar-refractivity contribution < 1.29 is 9.59 Å². The van der Waals surface area contributed by atoms with Crippen LogP contribution >= 0.6 is 11.8 Å². The van der Waals surface area contributed by atoms with Crippen molar-refractivity contribution in [1.82, 2.24) is 10.7 Å². The lowest BCUT2D eigenvalue weighted by molar-refractivity contribution is -0.139. The molecule has 0 aliphatic carbocycles. The molecule has 0 aromatic heterocycles. The van der Waals surface area contributed by atoms with Crippen molar-refractivity contribution in [3.63, 3.8) is 0 Å². The second-order valence-corrected chi connectivity index (χ2v) is 3.06. The molecule has 2 amide bonds. The summed E-state index contributed by atoms with van der Waals surface area (Å²) in [6, 6.07) is 0. The molecule has 12 heavy (non-hydrogen) atoms. The maximum absolute atomic E-state index is 10.7. The van der Waals surface area contributed by atoms with Crippen molar-refractivity contribution in [2.24, 2.45) is 5.84 Å². The fourth-order valence-electron chi connectivity index (χ4n) is 0.564. The summed E-state index contributed by atoms with van der Waals surface area (Å²) in [4.78, 5) is 21.2. The van der Waals surface area contributed by atoms with E-state index in [0.29, 0.717) is 6.54 Å². The van der Waals surface area contributed by atoms with Gasteiger partial charge in [-0.15, -0.1) is 0 Å². The van der Waals surface area contributed by atoms with E-state index >= 15 is 0 Å². The van der Waals surface area contributed by atoms with Crippen LogP contribution in [0, 0.1) is 0 Å². The summed E-state index contributed by atoms with van der Waals surface area (Å²) in [5.41, 5.74) is 1.75. The summed E-state index contributed by atoms with van der Waals surface area (Å²) in [6.45, 7) is 0.507. The van der Waals surface area contributed by atoms with E-state index in [2.05, 4.69) is 5.32 Å². The van der Waals surface area contributed by atoms with Crippen LogP contribution in [0.15, 0.2) is 0 Å². The Morgan fingerprint density at radius 3 is 2.58 bits per heavy atom. The van der Waals surface area contributed by atoms with Crippen LogP contribution < -0.4 is 16.6 Å². The number of thioether (sulfide) groups is 1. The lowest BCUT2D eigenvalue weighted by Gasteiger charge is -2.01. The summed E-state index contributed by atoms with van der Waals surface area (Å²) in [5.74, 6) is 4.21. The minimum Gasteiger partial charge on any atom is -0.348 e. The summed E-state index contributed by atoms with van der Waals surface area (Å²) >= 11 is 1.69. The molecule has 6 heteroatoms. The Hall–Kier alpha value is -0.750. The molecule has 70 valence electrons. The molecule has 0 saturated heterocycles. The second-order valence-electron chi connectivity index (χ2n) is 2.08. The maximum atomic E-state index is 10.7. The van der Waals surface area contributed by atoms with Gasteiger partial charge in [0.1, 0.15) is 0 Å². The third kappa shape index (κ3) is 4.97. The summed E-state index contributed by atoms with van der Waals surface area (Å²) in [5, 5.41) is 2.42. The molecule has 0 spiro atoms. The van der Waals surface area contributed by atoms with Gasteiger partial charge in [-0.1, -0.05) is 0 Å². The number of hydrazine groups is 1. The summed E-state index contributed by atoms with van der Waals surface area (Å²) in [6.07, 6.45) is 2.83. The smallest absolute Gasteiger partial charge is 0.323 e. The predicted molar refractivity (Wildman–Crippen MR) is 48.3 cm³/mol. The third-order valence-corrected chi connectivity index (χ3v) is 1.85. The lowest BCUT2D eigenvalue weighted by Crippen LogP contribution is -2.43. The van der Waals surface area contributed by atoms with Gasteiger partial charge in [0.2, 0.25) is 0 Å². The monoisotopic (exact) mass is 191 g/mol. The van der Waals surface area contributed by atoms with E-state index in [9.17, 15) is 9.59 Å². The standard InChI is InChI=1S/C6H13N3O2S/c1-12-4-2-3-8-5(10)6(11)9-7/h2-4,7H2,1H3,(H,8,10)(H,9,11). The number of hydrogen-bond acceptors (Lipinski definition) is 4. The first-order valence-electron chi connectivity index (χ1n) is 3.50. The molecule has 0 heterocycles. The number of nitrogens with two attached hydrogens (primary N) is 1. The first-order valence-corrected chi connectivity index (χ1v) is 4.89. The minimum atomic E-state index is -0.806. The summed E-state index contributed by atoms with van der Waals surface area (Å²) < 4.78 is 0. The molecule has 0 saturated carbocycles. The van der Waals surface area contributed by atoms with Crippen LogP contribution in [-0.2, 0) is 9.59 Å². The minimum absolute atomic E-state index is 0.507. The fourth-order valence-corrected chi connectivity index (χ4v) is 0.997. The lowest BCUT2D eigenvalue weighted by atomic mass is 10.4. The van der Waals surface area contributed by atoms with Gasteiger partial charge < -0.3 is 5.32 Å². The third-order valence-electron chi connectivity index (χ3n) is 1.15. The van der Waals surface area contributed by atoms with Crippen molar-refractivity contribution in [1.29, 1.82) is 0 Å². The Labute approximate surface area is 75.4 Å². The molecule has 0 aromatic rings. The van der Waals surface area contributed by atoms with E-state index in [1.807, 2.05) is 6.26 Å². The van der Waals surface area contributed by atoms with E-state index in [1.54, 1.807) is 17.2 Å². The van der Waals surface area contributed by atoms with E-state index < -0.39 is 11.8 Å². The highest BCUT2D eigenvalue weighted by Gasteiger charge is 2.09. The van der Waals surface area contributed by atoms with Crippen molar-refractivity contribution >= 4 is 23.6 Å². The Kier molecular flexibility index (Phi) is 6.50. The molecular formula is C6H13N3O2S. The molecule has 4 N–H and O–H groups in total. The number of carbonyl (C=O) groups excluding carboxylic acids is 2. The van der Waals surface area contributed by atoms with Crippen LogP contribution in [0.4, 0.5) is 0 Å². The van der Waals surface area contributed by atoms with Crippen LogP contribution in [0.3, 0.4) is 0 Å². The number of rotatable bonds is 4. The average molecular weight is 191 g/mol. The van der Waals surface area contributed by atoms with Crippen molar-refractivity contribution in [2.75, 3.05) is 18.6 Å². The zero-order valence-corrected chi connectivity index (χ0v) is 7.74. The number of hydrogen-bond donors (Lipinski definition) is 3. The molecule has 0 bridgehead atoms. The Bertz CT molecular complexity index is 163. The Morgan fingerprint density at radius 2 is 2.08 bits per heavy atom. The largest absolute Gasteiger partial charge is 0.348 e. The predicted octanol–water partition coefficient (Wildman–Crippen LogP) is -1.15. The topological polar surface area (TPSA) is 84.2 Å². The normalized spacial score (nSPS) is 9.17. The molecule has 0 aliphatic heterocycles. The molecular weight excluding hydrogens is 178 g/mol. The van der Waals surface area contributed by atoms with Gasteiger partial charge in [0.15, 0.2) is 0 Å². The van der Waals surface area contributed by atoms with E-state index in [1.165, 1.54) is 0 Å². The maximum Gasteiger partial charge on any atom is 0.323 e. The summed E-state index contributed by atoms with van der Waals surface area (Å²) in [7, 11) is 0. The van der Waals surface area contributed by atoms with Gasteiger partial charge in [-0.25, -0.2) is 5.84 Å². The van der Waals surface area contributed by atoms with Crippen molar-refractivity contribution in [3.05, 3.63) is 0 Å². The Morgan fingerprint density at radius 1 is 1.42 bits per heavy atom. The van der Waals surface area contributed by atoms with Gasteiger partial charge in [0.25, 0.3) is 0 Å². The molecule has 5 nitrogen and oxygen atoms in total. The van der Waals surface area contributed by atoms with Gasteiger partial charge >= 0.3 is 11.8 Å². The van der Waals surface area contributed by atoms with Gasteiger partial charge in [0, 0.05) is 6.54 Å². The van der Waals surface area contributed by atoms with E-state index in [0.717, 1.165) is 12.2 Å². The SMILES string of the molecule is CSCCCNC(=O)C(=O)NN. The Balaban J connectivity index is 3.38. The average Bonchev–Trinajstić information content (AvgIpc) is 2.10. The molecule has 0 unspecified atom stereocenters. The zero-order chi connectivity index (χ0) is 9.40. The fraction of sp³-hybridized carbons (Fsp3) is 0.667. The first-order chi connectivity index (χ1) is 5.72. The number of carbonyl (C=O) groups is 2. The highest BCUT2D eigenvalue weighted by atomic mass is 32.2. The molecule has 0 aliphatic rings. The zero-order valence-electron chi connectivity index (χ0n) is 6.92. The molecule has 0 aromatic carbocycles. The first kappa shape index (κ1) is 11.2. The van der Waals surface area contributed by atoms with Crippen LogP contribution in [0.1, 0.15) is 6.42 Å². The van der Waals surface area contributed by atoms with Gasteiger partial charge in [-0.3, -0.25) is 15.0 Å². The molecule has 0 rings (SSSR count). The van der Waals surface area contributed by atoms with Gasteiger partial charge in [-0.05, 0) is 18.4 Å². The van der Waals surface area contributed by atoms with E-state index in [-0.39, 0.29) is 0 Å². The second kappa shape index (κ2) is 6.93. The van der Waals surface area contributed by atoms with Crippen LogP contribution in [0.25, 0.3) is 0 Å². The number of amides is 2. The quantitative estimate of drug-likeness (QED) is 0.172. The van der Waals surface area contributed by atoms with Crippen molar-refractivity contribution in [2.45, 2.75) is 6.42 Å². The highest BCUT2D eigenvalue weighted by Crippen LogP contribution is 1.92. The van der Waals surface area contributed by atoms with Crippen LogP contribution in [0.5, 0.6) is 0 Å². The molecule has 0 atom stereocenters. The molecule has 0 fully saturated rings. The van der Waals surface area contributed by atoms with E-state index in [4.69, 9.17) is 5.84 Å². The van der Waals surface area contributed by atoms with Crippen molar-refractivity contribution in [3.8, 4) is 0 Å². The number of nitrogens with one attached hydrogen (secondary N) is 2. The van der Waals surface area contributed by atoms with Gasteiger partial charge in [-0.2, -0.15) is 11.8 Å². The van der Waals surface area contributed by atoms with Crippen LogP contribution in [-0.4, -0.2) is 30.4 Å². The van der Waals surface area contributed by atoms with Gasteiger partial charge in [0.05, 0.1) is 0 Å². The van der Waals surface area contributed by atoms with Crippen LogP contribution in [0.2, 0.25) is 0 Å². The molecule has 0 radical (unpaired) electrons. The highest BCUT2D eigenvalue weighted by molar-refractivity contribution is 7.98.